The van der Waals surface area contributed by atoms with Gasteiger partial charge in [-0.1, -0.05) is 5.16 Å². The summed E-state index contributed by atoms with van der Waals surface area (Å²) < 4.78 is 53.0. The summed E-state index contributed by atoms with van der Waals surface area (Å²) in [5, 5.41) is 15.5. The maximum absolute atomic E-state index is 12.3. The third kappa shape index (κ3) is 6.98. The Labute approximate surface area is 220 Å². The first kappa shape index (κ1) is 26.4. The lowest BCUT2D eigenvalue weighted by Gasteiger charge is -2.34. The zero-order chi connectivity index (χ0) is 26.7. The zero-order valence-corrected chi connectivity index (χ0v) is 21.3. The zero-order valence-electron chi connectivity index (χ0n) is 20.5. The fourth-order valence-corrected chi connectivity index (χ4v) is 5.03. The molecule has 1 saturated heterocycles. The fraction of sp³-hybridized carbons (Fsp3) is 0.400. The molecule has 4 aromatic rings. The maximum Gasteiger partial charge on any atom is 0.573 e. The number of β-amino-alcohol motifs (C(OH)–C–C–N with tert-alkyl or cyclic N) is 1. The second kappa shape index (κ2) is 11.2. The molecule has 0 radical (unpaired) electrons. The van der Waals surface area contributed by atoms with Gasteiger partial charge in [0.15, 0.2) is 5.82 Å². The summed E-state index contributed by atoms with van der Waals surface area (Å²) in [6, 6.07) is 11.0. The average Bonchev–Trinajstić information content (AvgIpc) is 3.48. The van der Waals surface area contributed by atoms with E-state index in [1.54, 1.807) is 11.3 Å². The molecular weight excluding hydrogens is 523 g/mol. The quantitative estimate of drug-likeness (QED) is 0.331. The van der Waals surface area contributed by atoms with E-state index in [0.717, 1.165) is 41.4 Å². The maximum atomic E-state index is 12.3. The molecule has 1 aliphatic rings. The van der Waals surface area contributed by atoms with Gasteiger partial charge in [0.1, 0.15) is 24.2 Å². The minimum absolute atomic E-state index is 0.198. The highest BCUT2D eigenvalue weighted by atomic mass is 32.1. The van der Waals surface area contributed by atoms with Gasteiger partial charge in [-0.25, -0.2) is 4.98 Å². The third-order valence-electron chi connectivity index (χ3n) is 6.01. The van der Waals surface area contributed by atoms with Crippen LogP contribution in [0.25, 0.3) is 21.7 Å². The molecule has 0 spiro atoms. The number of hydrogen-bond acceptors (Lipinski definition) is 10. The normalized spacial score (nSPS) is 16.1. The van der Waals surface area contributed by atoms with Gasteiger partial charge in [-0.15, -0.1) is 24.5 Å². The number of hydrogen-bond donors (Lipinski definition) is 1. The topological polar surface area (TPSA) is 97.0 Å². The molecule has 0 aliphatic carbocycles. The largest absolute Gasteiger partial charge is 0.573 e. The van der Waals surface area contributed by atoms with E-state index in [9.17, 15) is 18.3 Å². The third-order valence-corrected chi connectivity index (χ3v) is 6.96. The Bertz CT molecular complexity index is 1350. The number of aliphatic hydroxyl groups is 1. The lowest BCUT2D eigenvalue weighted by atomic mass is 10.2. The van der Waals surface area contributed by atoms with Gasteiger partial charge < -0.3 is 19.1 Å². The van der Waals surface area contributed by atoms with Crippen LogP contribution in [0.3, 0.4) is 0 Å². The lowest BCUT2D eigenvalue weighted by molar-refractivity contribution is -0.274. The Hall–Kier alpha value is -3.26. The van der Waals surface area contributed by atoms with Crippen molar-refractivity contribution in [3.63, 3.8) is 0 Å². The molecule has 2 aromatic carbocycles. The molecule has 13 heteroatoms. The van der Waals surface area contributed by atoms with Crippen LogP contribution in [0.2, 0.25) is 0 Å². The average molecular weight is 550 g/mol. The molecule has 202 valence electrons. The minimum atomic E-state index is -4.74. The van der Waals surface area contributed by atoms with E-state index in [4.69, 9.17) is 9.26 Å². The molecule has 1 atom stereocenters. The molecule has 0 amide bonds. The molecule has 3 heterocycles. The van der Waals surface area contributed by atoms with Gasteiger partial charge in [-0.05, 0) is 43.3 Å². The molecule has 0 unspecified atom stereocenters. The summed E-state index contributed by atoms with van der Waals surface area (Å²) in [7, 11) is 0. The van der Waals surface area contributed by atoms with Crippen molar-refractivity contribution >= 4 is 21.6 Å². The molecule has 1 N–H and O–H groups in total. The van der Waals surface area contributed by atoms with Crippen molar-refractivity contribution in [3.8, 4) is 23.0 Å². The number of rotatable bonds is 9. The van der Waals surface area contributed by atoms with Gasteiger partial charge in [0.05, 0.1) is 21.8 Å². The van der Waals surface area contributed by atoms with E-state index < -0.39 is 12.5 Å². The van der Waals surface area contributed by atoms with Gasteiger partial charge in [0.2, 0.25) is 0 Å². The molecular formula is C25H26F3N5O4S. The Morgan fingerprint density at radius 3 is 2.47 bits per heavy atom. The minimum Gasteiger partial charge on any atom is -0.491 e. The van der Waals surface area contributed by atoms with Crippen molar-refractivity contribution in [3.05, 3.63) is 53.3 Å². The Morgan fingerprint density at radius 2 is 1.74 bits per heavy atom. The monoisotopic (exact) mass is 549 g/mol. The summed E-state index contributed by atoms with van der Waals surface area (Å²) in [5.41, 5.74) is 1.40. The number of benzene rings is 2. The van der Waals surface area contributed by atoms with Crippen molar-refractivity contribution < 1.29 is 32.3 Å². The molecule has 1 fully saturated rings. The smallest absolute Gasteiger partial charge is 0.491 e. The molecule has 38 heavy (non-hydrogen) atoms. The number of ether oxygens (including phenoxy) is 2. The lowest BCUT2D eigenvalue weighted by Crippen LogP contribution is -2.48. The first-order valence-electron chi connectivity index (χ1n) is 12.0. The van der Waals surface area contributed by atoms with Crippen LogP contribution in [0.1, 0.15) is 10.8 Å². The van der Waals surface area contributed by atoms with E-state index in [-0.39, 0.29) is 18.2 Å². The van der Waals surface area contributed by atoms with Crippen LogP contribution >= 0.6 is 11.3 Å². The first-order valence-corrected chi connectivity index (χ1v) is 12.8. The summed E-state index contributed by atoms with van der Waals surface area (Å²) >= 11 is 1.64. The van der Waals surface area contributed by atoms with Crippen LogP contribution in [0, 0.1) is 6.92 Å². The van der Waals surface area contributed by atoms with E-state index in [0.29, 0.717) is 30.2 Å². The van der Waals surface area contributed by atoms with Gasteiger partial charge in [0.25, 0.3) is 5.89 Å². The second-order valence-corrected chi connectivity index (χ2v) is 10.2. The molecule has 9 nitrogen and oxygen atoms in total. The molecule has 0 bridgehead atoms. The van der Waals surface area contributed by atoms with Gasteiger partial charge in [-0.2, -0.15) is 4.98 Å². The first-order chi connectivity index (χ1) is 18.2. The molecule has 0 saturated carbocycles. The summed E-state index contributed by atoms with van der Waals surface area (Å²) in [4.78, 5) is 13.2. The Kier molecular flexibility index (Phi) is 7.79. The van der Waals surface area contributed by atoms with Gasteiger partial charge >= 0.3 is 6.36 Å². The number of nitrogens with zero attached hydrogens (tertiary/aromatic N) is 5. The summed E-state index contributed by atoms with van der Waals surface area (Å²) in [6.07, 6.45) is -5.37. The number of thiazole rings is 1. The standard InChI is InChI=1S/C25H26F3N5O4S/c1-16-29-21-12-20(6-7-22(21)38-16)35-15-18(34)13-32-8-10-33(11-9-32)14-23-30-24(37-31-23)17-2-4-19(5-3-17)36-25(26,27)28/h2-7,12,18,34H,8-11,13-15H2,1H3/t18-/m0/s1. The molecule has 5 rings (SSSR count). The molecule has 2 aromatic heterocycles. The number of aromatic nitrogens is 3. The number of fused-ring (bicyclic) bond motifs is 1. The van der Waals surface area contributed by atoms with Crippen LogP contribution < -0.4 is 9.47 Å². The van der Waals surface area contributed by atoms with Crippen molar-refractivity contribution in [2.45, 2.75) is 25.9 Å². The highest BCUT2D eigenvalue weighted by Crippen LogP contribution is 2.27. The van der Waals surface area contributed by atoms with E-state index >= 15 is 0 Å². The Morgan fingerprint density at radius 1 is 1.03 bits per heavy atom. The number of aryl methyl sites for hydroxylation is 1. The van der Waals surface area contributed by atoms with Crippen LogP contribution in [0.15, 0.2) is 47.0 Å². The van der Waals surface area contributed by atoms with E-state index in [1.165, 1.54) is 24.3 Å². The van der Waals surface area contributed by atoms with Crippen molar-refractivity contribution in [2.24, 2.45) is 0 Å². The summed E-state index contributed by atoms with van der Waals surface area (Å²) in [5.74, 6) is 1.09. The molecule has 1 aliphatic heterocycles. The van der Waals surface area contributed by atoms with Gasteiger partial charge in [-0.3, -0.25) is 9.80 Å². The predicted molar refractivity (Wildman–Crippen MR) is 134 cm³/mol. The van der Waals surface area contributed by atoms with Crippen LogP contribution in [-0.2, 0) is 6.54 Å². The predicted octanol–water partition coefficient (Wildman–Crippen LogP) is 4.11. The second-order valence-electron chi connectivity index (χ2n) is 8.99. The van der Waals surface area contributed by atoms with Crippen molar-refractivity contribution in [1.82, 2.24) is 24.9 Å². The van der Waals surface area contributed by atoms with Crippen LogP contribution in [0.4, 0.5) is 13.2 Å². The Balaban J connectivity index is 1.05. The van der Waals surface area contributed by atoms with E-state index in [2.05, 4.69) is 29.7 Å². The summed E-state index contributed by atoms with van der Waals surface area (Å²) in [6.45, 7) is 6.23. The number of alkyl halides is 3. The van der Waals surface area contributed by atoms with E-state index in [1.807, 2.05) is 25.1 Å². The number of aliphatic hydroxyl groups excluding tert-OH is 1. The number of halogens is 3. The number of piperazine rings is 1. The highest BCUT2D eigenvalue weighted by molar-refractivity contribution is 7.18. The van der Waals surface area contributed by atoms with Crippen LogP contribution in [0.5, 0.6) is 11.5 Å². The SMILES string of the molecule is Cc1nc2cc(OC[C@@H](O)CN3CCN(Cc4noc(-c5ccc(OC(F)(F)F)cc5)n4)CC3)ccc2s1. The van der Waals surface area contributed by atoms with Crippen molar-refractivity contribution in [2.75, 3.05) is 39.3 Å². The fourth-order valence-electron chi connectivity index (χ4n) is 4.22. The van der Waals surface area contributed by atoms with Gasteiger partial charge in [0, 0.05) is 44.4 Å². The van der Waals surface area contributed by atoms with Crippen molar-refractivity contribution in [1.29, 1.82) is 0 Å². The highest BCUT2D eigenvalue weighted by Gasteiger charge is 2.31. The van der Waals surface area contributed by atoms with Crippen LogP contribution in [-0.4, -0.2) is 81.8 Å².